The molecular formula is C10H11NO. The Balaban J connectivity index is 2.85. The zero-order valence-corrected chi connectivity index (χ0v) is 7.03. The van der Waals surface area contributed by atoms with Crippen molar-refractivity contribution in [1.29, 1.82) is 0 Å². The van der Waals surface area contributed by atoms with Gasteiger partial charge in [0, 0.05) is 12.6 Å². The van der Waals surface area contributed by atoms with E-state index in [1.165, 1.54) is 11.1 Å². The molecule has 0 aliphatic rings. The second-order valence-corrected chi connectivity index (χ2v) is 2.46. The number of amides is 1. The third-order valence-corrected chi connectivity index (χ3v) is 1.61. The van der Waals surface area contributed by atoms with E-state index in [9.17, 15) is 4.79 Å². The van der Waals surface area contributed by atoms with Gasteiger partial charge in [0.15, 0.2) is 0 Å². The summed E-state index contributed by atoms with van der Waals surface area (Å²) in [5, 5.41) is 0. The maximum absolute atomic E-state index is 11.4. The molecule has 0 heterocycles. The van der Waals surface area contributed by atoms with E-state index in [4.69, 9.17) is 0 Å². The maximum atomic E-state index is 11.4. The van der Waals surface area contributed by atoms with E-state index in [1.807, 2.05) is 18.2 Å². The van der Waals surface area contributed by atoms with Crippen LogP contribution in [0, 0.1) is 0 Å². The zero-order chi connectivity index (χ0) is 8.97. The maximum Gasteiger partial charge on any atom is 0.257 e. The van der Waals surface area contributed by atoms with Crippen LogP contribution in [0.1, 0.15) is 10.4 Å². The van der Waals surface area contributed by atoms with Crippen molar-refractivity contribution in [2.24, 2.45) is 0 Å². The molecule has 12 heavy (non-hydrogen) atoms. The summed E-state index contributed by atoms with van der Waals surface area (Å²) < 4.78 is 0. The molecule has 0 radical (unpaired) electrons. The van der Waals surface area contributed by atoms with Crippen LogP contribution in [0.4, 0.5) is 0 Å². The van der Waals surface area contributed by atoms with E-state index < -0.39 is 0 Å². The van der Waals surface area contributed by atoms with Crippen molar-refractivity contribution in [2.45, 2.75) is 0 Å². The molecule has 1 amide bonds. The molecule has 0 bridgehead atoms. The molecule has 0 fully saturated rings. The van der Waals surface area contributed by atoms with Crippen molar-refractivity contribution in [3.8, 4) is 0 Å². The number of benzene rings is 1. The highest BCUT2D eigenvalue weighted by Crippen LogP contribution is 2.02. The normalized spacial score (nSPS) is 9.08. The van der Waals surface area contributed by atoms with Gasteiger partial charge in [-0.2, -0.15) is 0 Å². The summed E-state index contributed by atoms with van der Waals surface area (Å²) in [6, 6.07) is 9.11. The van der Waals surface area contributed by atoms with E-state index in [-0.39, 0.29) is 5.91 Å². The second kappa shape index (κ2) is 3.72. The van der Waals surface area contributed by atoms with Crippen LogP contribution in [0.2, 0.25) is 0 Å². The Bertz CT molecular complexity index is 279. The topological polar surface area (TPSA) is 20.3 Å². The molecule has 0 aliphatic carbocycles. The fourth-order valence-electron chi connectivity index (χ4n) is 0.867. The largest absolute Gasteiger partial charge is 0.319 e. The lowest BCUT2D eigenvalue weighted by Gasteiger charge is -2.10. The highest BCUT2D eigenvalue weighted by molar-refractivity contribution is 5.94. The van der Waals surface area contributed by atoms with Gasteiger partial charge < -0.3 is 4.90 Å². The minimum atomic E-state index is -0.0365. The molecule has 0 aromatic heterocycles. The first kappa shape index (κ1) is 8.53. The fraction of sp³-hybridized carbons (Fsp3) is 0.100. The van der Waals surface area contributed by atoms with Crippen LogP contribution in [0.3, 0.4) is 0 Å². The lowest BCUT2D eigenvalue weighted by atomic mass is 10.2. The summed E-state index contributed by atoms with van der Waals surface area (Å²) in [6.45, 7) is 3.51. The Labute approximate surface area is 72.1 Å². The van der Waals surface area contributed by atoms with Gasteiger partial charge in [0.1, 0.15) is 0 Å². The Morgan fingerprint density at radius 1 is 1.42 bits per heavy atom. The quantitative estimate of drug-likeness (QED) is 0.648. The number of rotatable bonds is 2. The van der Waals surface area contributed by atoms with Crippen LogP contribution in [0.25, 0.3) is 0 Å². The standard InChI is InChI=1S/C10H11NO/c1-3-11(2)10(12)9-7-5-4-6-8-9/h3-8H,1H2,2H3. The lowest BCUT2D eigenvalue weighted by Crippen LogP contribution is -2.20. The lowest BCUT2D eigenvalue weighted by molar-refractivity contribution is 0.0850. The monoisotopic (exact) mass is 161 g/mol. The minimum absolute atomic E-state index is 0.0365. The number of carbonyl (C=O) groups excluding carboxylic acids is 1. The zero-order valence-electron chi connectivity index (χ0n) is 7.03. The number of hydrogen-bond donors (Lipinski definition) is 0. The van der Waals surface area contributed by atoms with Gasteiger partial charge in [-0.15, -0.1) is 0 Å². The van der Waals surface area contributed by atoms with Crippen molar-refractivity contribution in [3.63, 3.8) is 0 Å². The molecule has 2 nitrogen and oxygen atoms in total. The van der Waals surface area contributed by atoms with Crippen LogP contribution >= 0.6 is 0 Å². The summed E-state index contributed by atoms with van der Waals surface area (Å²) in [5.74, 6) is -0.0365. The van der Waals surface area contributed by atoms with Crippen molar-refractivity contribution in [2.75, 3.05) is 7.05 Å². The molecule has 1 aromatic rings. The van der Waals surface area contributed by atoms with Gasteiger partial charge in [0.2, 0.25) is 0 Å². The summed E-state index contributed by atoms with van der Waals surface area (Å²) in [7, 11) is 1.68. The van der Waals surface area contributed by atoms with E-state index in [1.54, 1.807) is 19.2 Å². The van der Waals surface area contributed by atoms with Gasteiger partial charge in [0.05, 0.1) is 0 Å². The third-order valence-electron chi connectivity index (χ3n) is 1.61. The molecule has 1 rings (SSSR count). The smallest absolute Gasteiger partial charge is 0.257 e. The third kappa shape index (κ3) is 1.72. The van der Waals surface area contributed by atoms with Crippen molar-refractivity contribution < 1.29 is 4.79 Å². The molecule has 62 valence electrons. The fourth-order valence-corrected chi connectivity index (χ4v) is 0.867. The molecule has 0 saturated heterocycles. The van der Waals surface area contributed by atoms with Crippen LogP contribution in [-0.4, -0.2) is 17.9 Å². The van der Waals surface area contributed by atoms with Crippen molar-refractivity contribution >= 4 is 5.91 Å². The Morgan fingerprint density at radius 2 is 2.00 bits per heavy atom. The van der Waals surface area contributed by atoms with Gasteiger partial charge >= 0.3 is 0 Å². The van der Waals surface area contributed by atoms with Crippen LogP contribution in [-0.2, 0) is 0 Å². The van der Waals surface area contributed by atoms with Crippen molar-refractivity contribution in [1.82, 2.24) is 4.90 Å². The van der Waals surface area contributed by atoms with E-state index in [2.05, 4.69) is 6.58 Å². The Morgan fingerprint density at radius 3 is 2.50 bits per heavy atom. The SMILES string of the molecule is C=CN(C)C(=O)c1ccccc1. The van der Waals surface area contributed by atoms with Gasteiger partial charge in [-0.05, 0) is 18.3 Å². The summed E-state index contributed by atoms with van der Waals surface area (Å²) in [5.41, 5.74) is 0.680. The first-order valence-electron chi connectivity index (χ1n) is 3.70. The average Bonchev–Trinajstić information content (AvgIpc) is 2.17. The first-order chi connectivity index (χ1) is 5.75. The number of hydrogen-bond acceptors (Lipinski definition) is 1. The average molecular weight is 161 g/mol. The van der Waals surface area contributed by atoms with Crippen LogP contribution < -0.4 is 0 Å². The molecule has 0 N–H and O–H groups in total. The molecule has 0 saturated carbocycles. The first-order valence-corrected chi connectivity index (χ1v) is 3.70. The molecule has 1 aromatic carbocycles. The predicted molar refractivity (Wildman–Crippen MR) is 48.7 cm³/mol. The van der Waals surface area contributed by atoms with E-state index >= 15 is 0 Å². The molecular weight excluding hydrogens is 150 g/mol. The van der Waals surface area contributed by atoms with Gasteiger partial charge in [-0.25, -0.2) is 0 Å². The van der Waals surface area contributed by atoms with Crippen LogP contribution in [0.5, 0.6) is 0 Å². The predicted octanol–water partition coefficient (Wildman–Crippen LogP) is 1.90. The van der Waals surface area contributed by atoms with Gasteiger partial charge in [-0.3, -0.25) is 4.79 Å². The van der Waals surface area contributed by atoms with Crippen molar-refractivity contribution in [3.05, 3.63) is 48.7 Å². The summed E-state index contributed by atoms with van der Waals surface area (Å²) in [6.07, 6.45) is 1.50. The summed E-state index contributed by atoms with van der Waals surface area (Å²) in [4.78, 5) is 12.9. The molecule has 0 aliphatic heterocycles. The molecule has 0 spiro atoms. The number of carbonyl (C=O) groups is 1. The van der Waals surface area contributed by atoms with Gasteiger partial charge in [0.25, 0.3) is 5.91 Å². The molecule has 0 unspecified atom stereocenters. The highest BCUT2D eigenvalue weighted by Gasteiger charge is 2.06. The van der Waals surface area contributed by atoms with E-state index in [0.717, 1.165) is 0 Å². The van der Waals surface area contributed by atoms with Gasteiger partial charge in [-0.1, -0.05) is 24.8 Å². The summed E-state index contributed by atoms with van der Waals surface area (Å²) >= 11 is 0. The van der Waals surface area contributed by atoms with E-state index in [0.29, 0.717) is 5.56 Å². The second-order valence-electron chi connectivity index (χ2n) is 2.46. The number of nitrogens with zero attached hydrogens (tertiary/aromatic N) is 1. The van der Waals surface area contributed by atoms with Crippen LogP contribution in [0.15, 0.2) is 43.1 Å². The highest BCUT2D eigenvalue weighted by atomic mass is 16.2. The molecule has 2 heteroatoms. The molecule has 0 atom stereocenters. The Kier molecular flexibility index (Phi) is 2.64. The Hall–Kier alpha value is -1.57. The minimum Gasteiger partial charge on any atom is -0.319 e.